The van der Waals surface area contributed by atoms with E-state index in [0.29, 0.717) is 12.2 Å². The average Bonchev–Trinajstić information content (AvgIpc) is 2.79. The Balaban J connectivity index is 1.74. The lowest BCUT2D eigenvalue weighted by Gasteiger charge is -2.09. The van der Waals surface area contributed by atoms with Gasteiger partial charge in [-0.2, -0.15) is 0 Å². The SMILES string of the molecule is OB1OCc2ccc(NCc3ccc(F)cc3F)cc21. The molecular weight excluding hydrogens is 263 g/mol. The van der Waals surface area contributed by atoms with Crippen molar-refractivity contribution in [3.05, 3.63) is 59.2 Å². The zero-order valence-corrected chi connectivity index (χ0v) is 10.6. The largest absolute Gasteiger partial charge is 0.491 e. The number of benzene rings is 2. The van der Waals surface area contributed by atoms with Gasteiger partial charge >= 0.3 is 7.12 Å². The number of anilines is 1. The molecule has 0 saturated heterocycles. The quantitative estimate of drug-likeness (QED) is 0.839. The van der Waals surface area contributed by atoms with Gasteiger partial charge in [0.1, 0.15) is 11.6 Å². The maximum atomic E-state index is 13.5. The predicted octanol–water partition coefficient (Wildman–Crippen LogP) is 1.79. The molecule has 102 valence electrons. The van der Waals surface area contributed by atoms with Gasteiger partial charge < -0.3 is 15.0 Å². The van der Waals surface area contributed by atoms with Crippen LogP contribution in [0.1, 0.15) is 11.1 Å². The van der Waals surface area contributed by atoms with Gasteiger partial charge in [-0.25, -0.2) is 8.78 Å². The fourth-order valence-electron chi connectivity index (χ4n) is 2.19. The van der Waals surface area contributed by atoms with E-state index in [9.17, 15) is 13.8 Å². The summed E-state index contributed by atoms with van der Waals surface area (Å²) in [5, 5.41) is 12.7. The minimum atomic E-state index is -0.908. The second-order valence-electron chi connectivity index (χ2n) is 4.67. The minimum absolute atomic E-state index is 0.238. The molecule has 2 aromatic rings. The predicted molar refractivity (Wildman–Crippen MR) is 72.5 cm³/mol. The number of hydrogen-bond donors (Lipinski definition) is 2. The molecular formula is C14H12BF2NO2. The molecule has 3 nitrogen and oxygen atoms in total. The van der Waals surface area contributed by atoms with E-state index in [0.717, 1.165) is 22.8 Å². The van der Waals surface area contributed by atoms with Gasteiger partial charge in [-0.05, 0) is 29.2 Å². The zero-order chi connectivity index (χ0) is 14.1. The summed E-state index contributed by atoms with van der Waals surface area (Å²) in [5.74, 6) is -1.17. The summed E-state index contributed by atoms with van der Waals surface area (Å²) in [4.78, 5) is 0. The molecule has 0 fully saturated rings. The van der Waals surface area contributed by atoms with E-state index >= 15 is 0 Å². The van der Waals surface area contributed by atoms with Gasteiger partial charge in [0.05, 0.1) is 6.61 Å². The highest BCUT2D eigenvalue weighted by atomic mass is 19.1. The van der Waals surface area contributed by atoms with Crippen LogP contribution in [0.2, 0.25) is 0 Å². The summed E-state index contributed by atoms with van der Waals surface area (Å²) in [6, 6.07) is 8.95. The van der Waals surface area contributed by atoms with Crippen molar-refractivity contribution < 1.29 is 18.5 Å². The first-order valence-electron chi connectivity index (χ1n) is 6.24. The third-order valence-corrected chi connectivity index (χ3v) is 3.31. The van der Waals surface area contributed by atoms with Crippen LogP contribution in [-0.2, 0) is 17.8 Å². The van der Waals surface area contributed by atoms with Crippen molar-refractivity contribution in [3.8, 4) is 0 Å². The molecule has 2 N–H and O–H groups in total. The van der Waals surface area contributed by atoms with Crippen LogP contribution in [-0.4, -0.2) is 12.1 Å². The van der Waals surface area contributed by atoms with E-state index in [1.807, 2.05) is 12.1 Å². The van der Waals surface area contributed by atoms with Crippen LogP contribution in [0.5, 0.6) is 0 Å². The fraction of sp³-hybridized carbons (Fsp3) is 0.143. The molecule has 0 bridgehead atoms. The molecule has 1 aliphatic heterocycles. The van der Waals surface area contributed by atoms with Gasteiger partial charge in [0.25, 0.3) is 0 Å². The molecule has 20 heavy (non-hydrogen) atoms. The molecule has 0 radical (unpaired) electrons. The Morgan fingerprint density at radius 3 is 2.85 bits per heavy atom. The Hall–Kier alpha value is -1.92. The van der Waals surface area contributed by atoms with Crippen LogP contribution in [0.3, 0.4) is 0 Å². The van der Waals surface area contributed by atoms with E-state index in [4.69, 9.17) is 4.65 Å². The van der Waals surface area contributed by atoms with Gasteiger partial charge in [-0.1, -0.05) is 12.1 Å². The van der Waals surface area contributed by atoms with Crippen LogP contribution < -0.4 is 10.8 Å². The smallest absolute Gasteiger partial charge is 0.423 e. The highest BCUT2D eigenvalue weighted by Crippen LogP contribution is 2.16. The molecule has 2 aromatic carbocycles. The summed E-state index contributed by atoms with van der Waals surface area (Å²) in [7, 11) is -0.908. The van der Waals surface area contributed by atoms with E-state index in [1.54, 1.807) is 6.07 Å². The van der Waals surface area contributed by atoms with Crippen molar-refractivity contribution in [3.63, 3.8) is 0 Å². The van der Waals surface area contributed by atoms with Crippen molar-refractivity contribution in [2.24, 2.45) is 0 Å². The Labute approximate surface area is 115 Å². The van der Waals surface area contributed by atoms with Crippen molar-refractivity contribution >= 4 is 18.3 Å². The maximum Gasteiger partial charge on any atom is 0.491 e. The van der Waals surface area contributed by atoms with E-state index < -0.39 is 18.8 Å². The molecule has 0 saturated carbocycles. The molecule has 0 atom stereocenters. The van der Waals surface area contributed by atoms with E-state index in [-0.39, 0.29) is 6.54 Å². The molecule has 0 unspecified atom stereocenters. The normalized spacial score (nSPS) is 13.4. The van der Waals surface area contributed by atoms with E-state index in [2.05, 4.69) is 5.32 Å². The van der Waals surface area contributed by atoms with Gasteiger partial charge in [0, 0.05) is 23.9 Å². The first kappa shape index (κ1) is 13.1. The lowest BCUT2D eigenvalue weighted by molar-refractivity contribution is 0.275. The fourth-order valence-corrected chi connectivity index (χ4v) is 2.19. The Kier molecular flexibility index (Phi) is 3.42. The molecule has 0 aromatic heterocycles. The Morgan fingerprint density at radius 2 is 2.05 bits per heavy atom. The van der Waals surface area contributed by atoms with Crippen molar-refractivity contribution in [1.29, 1.82) is 0 Å². The third-order valence-electron chi connectivity index (χ3n) is 3.31. The second kappa shape index (κ2) is 5.23. The number of halogens is 2. The van der Waals surface area contributed by atoms with Crippen LogP contribution in [0, 0.1) is 11.6 Å². The van der Waals surface area contributed by atoms with Crippen LogP contribution in [0.25, 0.3) is 0 Å². The van der Waals surface area contributed by atoms with Gasteiger partial charge in [0.2, 0.25) is 0 Å². The second-order valence-corrected chi connectivity index (χ2v) is 4.67. The topological polar surface area (TPSA) is 41.5 Å². The summed E-state index contributed by atoms with van der Waals surface area (Å²) in [6.07, 6.45) is 0. The first-order chi connectivity index (χ1) is 9.63. The lowest BCUT2D eigenvalue weighted by Crippen LogP contribution is -2.28. The number of nitrogens with one attached hydrogen (secondary N) is 1. The molecule has 1 heterocycles. The van der Waals surface area contributed by atoms with Crippen molar-refractivity contribution in [2.75, 3.05) is 5.32 Å². The van der Waals surface area contributed by atoms with Gasteiger partial charge in [0.15, 0.2) is 0 Å². The Bertz CT molecular complexity index is 651. The molecule has 0 aliphatic carbocycles. The average molecular weight is 275 g/mol. The molecule has 3 rings (SSSR count). The number of rotatable bonds is 3. The van der Waals surface area contributed by atoms with Crippen molar-refractivity contribution in [1.82, 2.24) is 0 Å². The molecule has 0 spiro atoms. The molecule has 1 aliphatic rings. The highest BCUT2D eigenvalue weighted by molar-refractivity contribution is 6.61. The van der Waals surface area contributed by atoms with Crippen LogP contribution >= 0.6 is 0 Å². The number of fused-ring (bicyclic) bond motifs is 1. The van der Waals surface area contributed by atoms with Crippen molar-refractivity contribution in [2.45, 2.75) is 13.2 Å². The summed E-state index contributed by atoms with van der Waals surface area (Å²) in [5.41, 5.74) is 2.78. The highest BCUT2D eigenvalue weighted by Gasteiger charge is 2.27. The zero-order valence-electron chi connectivity index (χ0n) is 10.6. The van der Waals surface area contributed by atoms with Gasteiger partial charge in [-0.15, -0.1) is 0 Å². The summed E-state index contributed by atoms with van der Waals surface area (Å²) >= 11 is 0. The summed E-state index contributed by atoms with van der Waals surface area (Å²) < 4.78 is 31.4. The minimum Gasteiger partial charge on any atom is -0.423 e. The standard InChI is InChI=1S/C14H12BF2NO2/c16-11-3-1-9(14(17)5-11)7-18-12-4-2-10-8-20-15(19)13(10)6-12/h1-6,18-19H,7-8H2. The Morgan fingerprint density at radius 1 is 1.20 bits per heavy atom. The van der Waals surface area contributed by atoms with E-state index in [1.165, 1.54) is 12.1 Å². The number of hydrogen-bond acceptors (Lipinski definition) is 3. The van der Waals surface area contributed by atoms with Gasteiger partial charge in [-0.3, -0.25) is 0 Å². The third kappa shape index (κ3) is 2.52. The molecule has 6 heteroatoms. The van der Waals surface area contributed by atoms with Crippen LogP contribution in [0.4, 0.5) is 14.5 Å². The monoisotopic (exact) mass is 275 g/mol. The molecule has 0 amide bonds. The summed E-state index contributed by atoms with van der Waals surface area (Å²) in [6.45, 7) is 0.630. The van der Waals surface area contributed by atoms with Crippen LogP contribution in [0.15, 0.2) is 36.4 Å². The first-order valence-corrected chi connectivity index (χ1v) is 6.24. The maximum absolute atomic E-state index is 13.5. The lowest BCUT2D eigenvalue weighted by atomic mass is 9.79.